The van der Waals surface area contributed by atoms with Crippen molar-refractivity contribution in [2.75, 3.05) is 5.75 Å². The number of hydrogen-bond donors (Lipinski definition) is 1. The van der Waals surface area contributed by atoms with Crippen LogP contribution in [0.3, 0.4) is 0 Å². The molecule has 0 bridgehead atoms. The number of amides is 2. The summed E-state index contributed by atoms with van der Waals surface area (Å²) < 4.78 is 0. The van der Waals surface area contributed by atoms with Gasteiger partial charge in [0.2, 0.25) is 11.8 Å². The highest BCUT2D eigenvalue weighted by molar-refractivity contribution is 7.99. The average molecular weight is 503 g/mol. The van der Waals surface area contributed by atoms with Crippen LogP contribution in [0.5, 0.6) is 0 Å². The summed E-state index contributed by atoms with van der Waals surface area (Å²) in [5.74, 6) is 0.916. The molecule has 1 atom stereocenters. The lowest BCUT2D eigenvalue weighted by atomic mass is 10.0. The van der Waals surface area contributed by atoms with Crippen molar-refractivity contribution in [2.45, 2.75) is 64.9 Å². The van der Waals surface area contributed by atoms with Gasteiger partial charge in [0.1, 0.15) is 6.04 Å². The van der Waals surface area contributed by atoms with E-state index in [1.807, 2.05) is 88.4 Å². The van der Waals surface area contributed by atoms with Crippen LogP contribution < -0.4 is 5.32 Å². The number of thioether (sulfide) groups is 1. The molecular weight excluding hydrogens is 464 g/mol. The molecule has 0 heterocycles. The van der Waals surface area contributed by atoms with Crippen LogP contribution in [0.15, 0.2) is 78.9 Å². The standard InChI is InChI=1S/C31H38N2O2S/c1-23-12-11-16-26(18-23)20-33(29(34)22-36-21-27-17-10-9-13-24(27)2)28(30(35)32-31(3,4)5)19-25-14-7-6-8-15-25/h6-18,28H,19-22H2,1-5H3,(H,32,35). The molecule has 190 valence electrons. The topological polar surface area (TPSA) is 49.4 Å². The second kappa shape index (κ2) is 12.8. The van der Waals surface area contributed by atoms with Crippen LogP contribution >= 0.6 is 11.8 Å². The molecule has 0 aliphatic heterocycles. The van der Waals surface area contributed by atoms with E-state index >= 15 is 0 Å². The predicted molar refractivity (Wildman–Crippen MR) is 151 cm³/mol. The smallest absolute Gasteiger partial charge is 0.243 e. The molecule has 0 radical (unpaired) electrons. The number of hydrogen-bond acceptors (Lipinski definition) is 3. The summed E-state index contributed by atoms with van der Waals surface area (Å²) in [4.78, 5) is 29.1. The van der Waals surface area contributed by atoms with Crippen molar-refractivity contribution >= 4 is 23.6 Å². The zero-order valence-electron chi connectivity index (χ0n) is 22.1. The summed E-state index contributed by atoms with van der Waals surface area (Å²) >= 11 is 1.60. The van der Waals surface area contributed by atoms with Gasteiger partial charge in [-0.1, -0.05) is 84.4 Å². The second-order valence-electron chi connectivity index (χ2n) is 10.4. The lowest BCUT2D eigenvalue weighted by molar-refractivity contribution is -0.140. The summed E-state index contributed by atoms with van der Waals surface area (Å²) in [5.41, 5.74) is 5.24. The molecule has 0 aliphatic carbocycles. The monoisotopic (exact) mass is 502 g/mol. The number of nitrogens with zero attached hydrogens (tertiary/aromatic N) is 1. The van der Waals surface area contributed by atoms with Gasteiger partial charge in [-0.3, -0.25) is 9.59 Å². The third-order valence-electron chi connectivity index (χ3n) is 5.95. The number of carbonyl (C=O) groups excluding carboxylic acids is 2. The molecule has 0 aromatic heterocycles. The number of benzene rings is 3. The third kappa shape index (κ3) is 8.56. The van der Waals surface area contributed by atoms with Gasteiger partial charge < -0.3 is 10.2 Å². The van der Waals surface area contributed by atoms with Crippen molar-refractivity contribution in [1.82, 2.24) is 10.2 Å². The minimum atomic E-state index is -0.612. The lowest BCUT2D eigenvalue weighted by Crippen LogP contribution is -2.54. The fourth-order valence-corrected chi connectivity index (χ4v) is 5.10. The molecule has 3 aromatic rings. The Morgan fingerprint density at radius 3 is 2.22 bits per heavy atom. The van der Waals surface area contributed by atoms with Crippen molar-refractivity contribution in [1.29, 1.82) is 0 Å². The Morgan fingerprint density at radius 2 is 1.56 bits per heavy atom. The highest BCUT2D eigenvalue weighted by Crippen LogP contribution is 2.20. The molecule has 0 saturated heterocycles. The maximum Gasteiger partial charge on any atom is 0.243 e. The molecule has 2 amide bonds. The second-order valence-corrected chi connectivity index (χ2v) is 11.4. The highest BCUT2D eigenvalue weighted by Gasteiger charge is 2.32. The Labute approximate surface area is 220 Å². The molecule has 0 aliphatic rings. The predicted octanol–water partition coefficient (Wildman–Crippen LogP) is 6.09. The van der Waals surface area contributed by atoms with Gasteiger partial charge in [0.05, 0.1) is 5.75 Å². The van der Waals surface area contributed by atoms with E-state index in [1.54, 1.807) is 16.7 Å². The average Bonchev–Trinajstić information content (AvgIpc) is 2.82. The third-order valence-corrected chi connectivity index (χ3v) is 6.92. The quantitative estimate of drug-likeness (QED) is 0.365. The van der Waals surface area contributed by atoms with E-state index in [4.69, 9.17) is 0 Å². The van der Waals surface area contributed by atoms with Gasteiger partial charge in [-0.15, -0.1) is 11.8 Å². The maximum absolute atomic E-state index is 13.7. The van der Waals surface area contributed by atoms with E-state index in [9.17, 15) is 9.59 Å². The molecule has 0 fully saturated rings. The summed E-state index contributed by atoms with van der Waals surface area (Å²) in [6.07, 6.45) is 0.461. The molecule has 0 saturated carbocycles. The molecule has 5 heteroatoms. The van der Waals surface area contributed by atoms with Crippen LogP contribution in [-0.2, 0) is 28.3 Å². The zero-order valence-corrected chi connectivity index (χ0v) is 22.9. The summed E-state index contributed by atoms with van der Waals surface area (Å²) in [7, 11) is 0. The van der Waals surface area contributed by atoms with Crippen LogP contribution in [0.2, 0.25) is 0 Å². The van der Waals surface area contributed by atoms with Crippen molar-refractivity contribution < 1.29 is 9.59 Å². The minimum Gasteiger partial charge on any atom is -0.350 e. The van der Waals surface area contributed by atoms with E-state index in [0.29, 0.717) is 18.7 Å². The Bertz CT molecular complexity index is 1150. The largest absolute Gasteiger partial charge is 0.350 e. The first-order valence-corrected chi connectivity index (χ1v) is 13.6. The number of rotatable bonds is 10. The molecule has 3 rings (SSSR count). The molecule has 4 nitrogen and oxygen atoms in total. The highest BCUT2D eigenvalue weighted by atomic mass is 32.2. The summed E-state index contributed by atoms with van der Waals surface area (Å²) in [5, 5.41) is 3.12. The van der Waals surface area contributed by atoms with E-state index in [0.717, 1.165) is 22.4 Å². The fraction of sp³-hybridized carbons (Fsp3) is 0.355. The van der Waals surface area contributed by atoms with Gasteiger partial charge >= 0.3 is 0 Å². The molecule has 3 aromatic carbocycles. The van der Waals surface area contributed by atoms with E-state index in [-0.39, 0.29) is 11.8 Å². The van der Waals surface area contributed by atoms with Crippen LogP contribution in [-0.4, -0.2) is 34.0 Å². The molecule has 36 heavy (non-hydrogen) atoms. The number of aryl methyl sites for hydroxylation is 2. The van der Waals surface area contributed by atoms with E-state index < -0.39 is 11.6 Å². The van der Waals surface area contributed by atoms with Crippen LogP contribution in [0.1, 0.15) is 48.6 Å². The van der Waals surface area contributed by atoms with Gasteiger partial charge in [-0.05, 0) is 56.9 Å². The summed E-state index contributed by atoms with van der Waals surface area (Å²) in [6.45, 7) is 10.4. The fourth-order valence-electron chi connectivity index (χ4n) is 4.12. The van der Waals surface area contributed by atoms with E-state index in [2.05, 4.69) is 30.4 Å². The van der Waals surface area contributed by atoms with Gasteiger partial charge in [0.25, 0.3) is 0 Å². The first-order chi connectivity index (χ1) is 17.1. The van der Waals surface area contributed by atoms with Gasteiger partial charge in [0.15, 0.2) is 0 Å². The number of nitrogens with one attached hydrogen (secondary N) is 1. The van der Waals surface area contributed by atoms with Crippen molar-refractivity contribution in [2.24, 2.45) is 0 Å². The zero-order chi connectivity index (χ0) is 26.1. The lowest BCUT2D eigenvalue weighted by Gasteiger charge is -2.34. The van der Waals surface area contributed by atoms with E-state index in [1.165, 1.54) is 11.1 Å². The molecule has 1 N–H and O–H groups in total. The molecule has 1 unspecified atom stereocenters. The van der Waals surface area contributed by atoms with Crippen molar-refractivity contribution in [3.05, 3.63) is 107 Å². The Hall–Kier alpha value is -3.05. The number of carbonyl (C=O) groups is 2. The van der Waals surface area contributed by atoms with Crippen LogP contribution in [0, 0.1) is 13.8 Å². The van der Waals surface area contributed by atoms with Gasteiger partial charge in [-0.25, -0.2) is 0 Å². The van der Waals surface area contributed by atoms with Crippen LogP contribution in [0.25, 0.3) is 0 Å². The maximum atomic E-state index is 13.7. The summed E-state index contributed by atoms with van der Waals surface area (Å²) in [6, 6.07) is 25.7. The Kier molecular flexibility index (Phi) is 9.77. The normalized spacial score (nSPS) is 12.1. The van der Waals surface area contributed by atoms with Crippen LogP contribution in [0.4, 0.5) is 0 Å². The van der Waals surface area contributed by atoms with Gasteiger partial charge in [0, 0.05) is 24.3 Å². The SMILES string of the molecule is Cc1cccc(CN(C(=O)CSCc2ccccc2C)C(Cc2ccccc2)C(=O)NC(C)(C)C)c1. The molecule has 0 spiro atoms. The van der Waals surface area contributed by atoms with Crippen molar-refractivity contribution in [3.63, 3.8) is 0 Å². The first kappa shape index (κ1) is 27.5. The first-order valence-electron chi connectivity index (χ1n) is 12.5. The van der Waals surface area contributed by atoms with Gasteiger partial charge in [-0.2, -0.15) is 0 Å². The molecular formula is C31H38N2O2S. The Morgan fingerprint density at radius 1 is 0.889 bits per heavy atom. The minimum absolute atomic E-state index is 0.0277. The van der Waals surface area contributed by atoms with Crippen molar-refractivity contribution in [3.8, 4) is 0 Å². The Balaban J connectivity index is 1.88.